The van der Waals surface area contributed by atoms with E-state index in [-0.39, 0.29) is 17.6 Å². The number of carbonyl (C=O) groups excluding carboxylic acids is 1. The van der Waals surface area contributed by atoms with Gasteiger partial charge in [-0.1, -0.05) is 6.07 Å². The van der Waals surface area contributed by atoms with Gasteiger partial charge in [0.1, 0.15) is 0 Å². The van der Waals surface area contributed by atoms with E-state index in [1.54, 1.807) is 0 Å². The van der Waals surface area contributed by atoms with Crippen LogP contribution in [0.15, 0.2) is 29.2 Å². The van der Waals surface area contributed by atoms with Gasteiger partial charge in [-0.3, -0.25) is 4.79 Å². The Morgan fingerprint density at radius 2 is 2.15 bits per heavy atom. The van der Waals surface area contributed by atoms with Crippen molar-refractivity contribution in [3.8, 4) is 0 Å². The van der Waals surface area contributed by atoms with E-state index in [0.29, 0.717) is 6.42 Å². The zero-order chi connectivity index (χ0) is 14.8. The Bertz CT molecular complexity index is 598. The highest BCUT2D eigenvalue weighted by Crippen LogP contribution is 2.21. The first kappa shape index (κ1) is 14.9. The lowest BCUT2D eigenvalue weighted by Gasteiger charge is -2.12. The van der Waals surface area contributed by atoms with Crippen LogP contribution in [-0.4, -0.2) is 32.7 Å². The van der Waals surface area contributed by atoms with Crippen LogP contribution in [0.25, 0.3) is 0 Å². The highest BCUT2D eigenvalue weighted by atomic mass is 32.2. The van der Waals surface area contributed by atoms with Crippen molar-refractivity contribution in [1.29, 1.82) is 0 Å². The Hall–Kier alpha value is -1.54. The normalized spacial score (nSPS) is 19.2. The summed E-state index contributed by atoms with van der Waals surface area (Å²) < 4.78 is 47.6. The van der Waals surface area contributed by atoms with E-state index >= 15 is 0 Å². The predicted molar refractivity (Wildman–Crippen MR) is 69.3 cm³/mol. The molecule has 1 heterocycles. The van der Waals surface area contributed by atoms with Crippen LogP contribution < -0.4 is 10.6 Å². The zero-order valence-electron chi connectivity index (χ0n) is 10.5. The van der Waals surface area contributed by atoms with Crippen molar-refractivity contribution >= 4 is 21.4 Å². The van der Waals surface area contributed by atoms with Gasteiger partial charge in [0.05, 0.1) is 10.9 Å². The highest BCUT2D eigenvalue weighted by Gasteiger charge is 2.27. The second-order valence-corrected chi connectivity index (χ2v) is 6.39. The predicted octanol–water partition coefficient (Wildman–Crippen LogP) is 1.37. The lowest BCUT2D eigenvalue weighted by atomic mass is 10.2. The van der Waals surface area contributed by atoms with Gasteiger partial charge >= 0.3 is 5.76 Å². The van der Waals surface area contributed by atoms with E-state index in [1.165, 1.54) is 12.1 Å². The molecule has 20 heavy (non-hydrogen) atoms. The zero-order valence-corrected chi connectivity index (χ0v) is 11.3. The Kier molecular flexibility index (Phi) is 4.34. The molecule has 0 bridgehead atoms. The SMILES string of the molecule is O=C(Nc1cccc(S(=O)(=O)C(F)F)c1)C1CCCN1. The van der Waals surface area contributed by atoms with Gasteiger partial charge in [-0.25, -0.2) is 8.42 Å². The molecule has 8 heteroatoms. The molecular formula is C12H14F2N2O3S. The van der Waals surface area contributed by atoms with Crippen molar-refractivity contribution in [2.75, 3.05) is 11.9 Å². The van der Waals surface area contributed by atoms with Gasteiger partial charge in [0, 0.05) is 5.69 Å². The molecule has 1 aliphatic rings. The lowest BCUT2D eigenvalue weighted by molar-refractivity contribution is -0.117. The first-order chi connectivity index (χ1) is 9.41. The number of halogens is 2. The molecule has 1 aliphatic heterocycles. The van der Waals surface area contributed by atoms with Crippen molar-refractivity contribution in [2.45, 2.75) is 29.5 Å². The number of amides is 1. The summed E-state index contributed by atoms with van der Waals surface area (Å²) in [7, 11) is -4.65. The van der Waals surface area contributed by atoms with Gasteiger partial charge in [0.25, 0.3) is 0 Å². The second kappa shape index (κ2) is 5.84. The van der Waals surface area contributed by atoms with Crippen LogP contribution in [0, 0.1) is 0 Å². The van der Waals surface area contributed by atoms with Crippen LogP contribution in [0.5, 0.6) is 0 Å². The minimum atomic E-state index is -4.65. The number of hydrogen-bond acceptors (Lipinski definition) is 4. The first-order valence-electron chi connectivity index (χ1n) is 6.07. The third-order valence-corrected chi connectivity index (χ3v) is 4.42. The van der Waals surface area contributed by atoms with Gasteiger partial charge in [-0.15, -0.1) is 0 Å². The molecule has 0 radical (unpaired) electrons. The van der Waals surface area contributed by atoms with Crippen LogP contribution in [0.4, 0.5) is 14.5 Å². The molecule has 1 aromatic carbocycles. The van der Waals surface area contributed by atoms with Gasteiger partial charge in [-0.2, -0.15) is 8.78 Å². The van der Waals surface area contributed by atoms with Crippen molar-refractivity contribution in [3.05, 3.63) is 24.3 Å². The van der Waals surface area contributed by atoms with Crippen LogP contribution >= 0.6 is 0 Å². The van der Waals surface area contributed by atoms with Crippen molar-refractivity contribution in [3.63, 3.8) is 0 Å². The van der Waals surface area contributed by atoms with Crippen LogP contribution in [0.3, 0.4) is 0 Å². The number of rotatable bonds is 4. The molecule has 1 amide bonds. The molecule has 2 rings (SSSR count). The summed E-state index contributed by atoms with van der Waals surface area (Å²) in [5, 5.41) is 5.51. The molecule has 5 nitrogen and oxygen atoms in total. The summed E-state index contributed by atoms with van der Waals surface area (Å²) in [6.45, 7) is 0.748. The summed E-state index contributed by atoms with van der Waals surface area (Å²) in [6, 6.07) is 4.55. The van der Waals surface area contributed by atoms with E-state index in [2.05, 4.69) is 10.6 Å². The monoisotopic (exact) mass is 304 g/mol. The van der Waals surface area contributed by atoms with Crippen LogP contribution in [-0.2, 0) is 14.6 Å². The standard InChI is InChI=1S/C12H14F2N2O3S/c13-12(14)20(18,19)9-4-1-3-8(7-9)16-11(17)10-5-2-6-15-10/h1,3-4,7,10,12,15H,2,5-6H2,(H,16,17). The quantitative estimate of drug-likeness (QED) is 0.881. The average molecular weight is 304 g/mol. The van der Waals surface area contributed by atoms with E-state index in [9.17, 15) is 22.0 Å². The molecule has 1 fully saturated rings. The molecule has 1 atom stereocenters. The van der Waals surface area contributed by atoms with Crippen molar-refractivity contribution in [1.82, 2.24) is 5.32 Å². The van der Waals surface area contributed by atoms with E-state index in [4.69, 9.17) is 0 Å². The van der Waals surface area contributed by atoms with Crippen LogP contribution in [0.1, 0.15) is 12.8 Å². The molecule has 0 saturated carbocycles. The molecule has 0 aliphatic carbocycles. The number of carbonyl (C=O) groups is 1. The maximum Gasteiger partial charge on any atom is 0.341 e. The van der Waals surface area contributed by atoms with E-state index in [1.807, 2.05) is 0 Å². The number of alkyl halides is 2. The molecule has 1 aromatic rings. The molecule has 110 valence electrons. The molecule has 1 unspecified atom stereocenters. The number of benzene rings is 1. The fraction of sp³-hybridized carbons (Fsp3) is 0.417. The van der Waals surface area contributed by atoms with Gasteiger partial charge in [0.15, 0.2) is 0 Å². The fourth-order valence-electron chi connectivity index (χ4n) is 1.99. The maximum atomic E-state index is 12.5. The summed E-state index contributed by atoms with van der Waals surface area (Å²) in [6.07, 6.45) is 1.58. The first-order valence-corrected chi connectivity index (χ1v) is 7.62. The maximum absolute atomic E-state index is 12.5. The van der Waals surface area contributed by atoms with Gasteiger partial charge < -0.3 is 10.6 Å². The second-order valence-electron chi connectivity index (χ2n) is 4.47. The molecule has 0 aromatic heterocycles. The number of anilines is 1. The van der Waals surface area contributed by atoms with Crippen molar-refractivity contribution < 1.29 is 22.0 Å². The lowest BCUT2D eigenvalue weighted by Crippen LogP contribution is -2.35. The van der Waals surface area contributed by atoms with E-state index < -0.39 is 20.5 Å². The Morgan fingerprint density at radius 3 is 2.75 bits per heavy atom. The topological polar surface area (TPSA) is 75.3 Å². The molecule has 0 spiro atoms. The number of hydrogen-bond donors (Lipinski definition) is 2. The number of sulfone groups is 1. The van der Waals surface area contributed by atoms with Gasteiger partial charge in [-0.05, 0) is 37.6 Å². The van der Waals surface area contributed by atoms with Crippen LogP contribution in [0.2, 0.25) is 0 Å². The smallest absolute Gasteiger partial charge is 0.325 e. The Balaban J connectivity index is 2.16. The summed E-state index contributed by atoms with van der Waals surface area (Å²) in [4.78, 5) is 11.3. The minimum absolute atomic E-state index is 0.186. The molecular weight excluding hydrogens is 290 g/mol. The number of nitrogens with one attached hydrogen (secondary N) is 2. The summed E-state index contributed by atoms with van der Waals surface area (Å²) >= 11 is 0. The molecule has 2 N–H and O–H groups in total. The largest absolute Gasteiger partial charge is 0.341 e. The van der Waals surface area contributed by atoms with E-state index in [0.717, 1.165) is 25.1 Å². The minimum Gasteiger partial charge on any atom is -0.325 e. The summed E-state index contributed by atoms with van der Waals surface area (Å²) in [5.74, 6) is -3.78. The fourth-order valence-corrected chi connectivity index (χ4v) is 2.76. The summed E-state index contributed by atoms with van der Waals surface area (Å²) in [5.41, 5.74) is 0.186. The highest BCUT2D eigenvalue weighted by molar-refractivity contribution is 7.91. The van der Waals surface area contributed by atoms with Gasteiger partial charge in [0.2, 0.25) is 15.7 Å². The van der Waals surface area contributed by atoms with Crippen molar-refractivity contribution in [2.24, 2.45) is 0 Å². The average Bonchev–Trinajstić information content (AvgIpc) is 2.92. The Labute approximate surface area is 115 Å². The molecule has 1 saturated heterocycles. The third-order valence-electron chi connectivity index (χ3n) is 3.04. The Morgan fingerprint density at radius 1 is 1.40 bits per heavy atom. The third kappa shape index (κ3) is 3.13.